The maximum absolute atomic E-state index is 9.32. The highest BCUT2D eigenvalue weighted by atomic mass is 16.3. The highest BCUT2D eigenvalue weighted by Gasteiger charge is 2.30. The Morgan fingerprint density at radius 3 is 2.70 bits per heavy atom. The molecule has 0 amide bonds. The molecule has 3 atom stereocenters. The summed E-state index contributed by atoms with van der Waals surface area (Å²) in [5.41, 5.74) is 8.08. The quantitative estimate of drug-likeness (QED) is 0.335. The van der Waals surface area contributed by atoms with Crippen molar-refractivity contribution in [1.29, 1.82) is 0 Å². The van der Waals surface area contributed by atoms with Gasteiger partial charge in [-0.25, -0.2) is 0 Å². The van der Waals surface area contributed by atoms with Gasteiger partial charge in [0.25, 0.3) is 0 Å². The molecule has 0 aromatic carbocycles. The van der Waals surface area contributed by atoms with Crippen LogP contribution in [0.25, 0.3) is 10.4 Å². The molecule has 0 saturated heterocycles. The van der Waals surface area contributed by atoms with Crippen LogP contribution in [0, 0.1) is 5.92 Å². The molecule has 1 N–H and O–H groups in total. The summed E-state index contributed by atoms with van der Waals surface area (Å²) < 4.78 is 0. The van der Waals surface area contributed by atoms with Crippen molar-refractivity contribution in [2.45, 2.75) is 31.9 Å². The van der Waals surface area contributed by atoms with Gasteiger partial charge in [-0.15, -0.1) is 0 Å². The van der Waals surface area contributed by atoms with Crippen molar-refractivity contribution in [2.75, 3.05) is 0 Å². The van der Waals surface area contributed by atoms with Crippen LogP contribution >= 0.6 is 0 Å². The van der Waals surface area contributed by atoms with Gasteiger partial charge in [-0.2, -0.15) is 0 Å². The van der Waals surface area contributed by atoms with Gasteiger partial charge in [0.1, 0.15) is 0 Å². The van der Waals surface area contributed by atoms with Crippen molar-refractivity contribution < 1.29 is 5.11 Å². The van der Waals surface area contributed by atoms with Crippen molar-refractivity contribution in [1.82, 2.24) is 0 Å². The lowest BCUT2D eigenvalue weighted by molar-refractivity contribution is 0.126. The van der Waals surface area contributed by atoms with Gasteiger partial charge in [-0.3, -0.25) is 0 Å². The van der Waals surface area contributed by atoms with Crippen LogP contribution in [0.5, 0.6) is 0 Å². The minimum Gasteiger partial charge on any atom is -0.392 e. The van der Waals surface area contributed by atoms with Gasteiger partial charge >= 0.3 is 0 Å². The van der Waals surface area contributed by atoms with E-state index in [-0.39, 0.29) is 12.0 Å². The Kier molecular flexibility index (Phi) is 2.14. The number of rotatable bonds is 1. The normalized spacial score (nSPS) is 39.2. The fraction of sp³-hybridized carbons (Fsp3) is 1.00. The third kappa shape index (κ3) is 1.23. The lowest BCUT2D eigenvalue weighted by Gasteiger charge is -2.10. The van der Waals surface area contributed by atoms with Crippen molar-refractivity contribution >= 4 is 0 Å². The molecule has 0 aromatic rings. The third-order valence-electron chi connectivity index (χ3n) is 2.09. The summed E-state index contributed by atoms with van der Waals surface area (Å²) in [6.07, 6.45) is 1.37. The first-order valence-corrected chi connectivity index (χ1v) is 3.48. The Bertz CT molecular complexity index is 164. The first-order valence-electron chi connectivity index (χ1n) is 3.48. The molecule has 0 aliphatic heterocycles. The lowest BCUT2D eigenvalue weighted by atomic mass is 10.1. The monoisotopic (exact) mass is 141 g/mol. The maximum atomic E-state index is 9.32. The number of hydrogen-bond acceptors (Lipinski definition) is 2. The highest BCUT2D eigenvalue weighted by molar-refractivity contribution is 4.87. The first kappa shape index (κ1) is 7.38. The molecular formula is C6H11N3O. The van der Waals surface area contributed by atoms with Gasteiger partial charge in [0.2, 0.25) is 0 Å². The summed E-state index contributed by atoms with van der Waals surface area (Å²) in [5.74, 6) is 0.287. The molecule has 0 bridgehead atoms. The predicted octanol–water partition coefficient (Wildman–Crippen LogP) is 1.46. The summed E-state index contributed by atoms with van der Waals surface area (Å²) >= 11 is 0. The van der Waals surface area contributed by atoms with E-state index in [0.29, 0.717) is 0 Å². The third-order valence-corrected chi connectivity index (χ3v) is 2.09. The van der Waals surface area contributed by atoms with Crippen LogP contribution < -0.4 is 0 Å². The smallest absolute Gasteiger partial charge is 0.0650 e. The van der Waals surface area contributed by atoms with E-state index in [1.807, 2.05) is 6.92 Å². The molecule has 1 rings (SSSR count). The van der Waals surface area contributed by atoms with Crippen molar-refractivity contribution in [3.8, 4) is 0 Å². The fourth-order valence-electron chi connectivity index (χ4n) is 1.35. The molecule has 1 aliphatic carbocycles. The van der Waals surface area contributed by atoms with Crippen LogP contribution in [0.1, 0.15) is 19.8 Å². The van der Waals surface area contributed by atoms with E-state index in [1.54, 1.807) is 0 Å². The van der Waals surface area contributed by atoms with Gasteiger partial charge in [0, 0.05) is 4.91 Å². The van der Waals surface area contributed by atoms with E-state index >= 15 is 0 Å². The number of aliphatic hydroxyl groups is 1. The number of azide groups is 1. The molecule has 4 heteroatoms. The zero-order chi connectivity index (χ0) is 7.56. The van der Waals surface area contributed by atoms with Crippen LogP contribution in [0.4, 0.5) is 0 Å². The molecule has 0 spiro atoms. The predicted molar refractivity (Wildman–Crippen MR) is 37.3 cm³/mol. The van der Waals surface area contributed by atoms with E-state index in [9.17, 15) is 5.11 Å². The van der Waals surface area contributed by atoms with Crippen LogP contribution in [0.3, 0.4) is 0 Å². The zero-order valence-corrected chi connectivity index (χ0v) is 5.94. The molecular weight excluding hydrogens is 130 g/mol. The minimum atomic E-state index is -0.420. The summed E-state index contributed by atoms with van der Waals surface area (Å²) in [4.78, 5) is 2.67. The Labute approximate surface area is 59.5 Å². The Balaban J connectivity index is 2.56. The van der Waals surface area contributed by atoms with Gasteiger partial charge in [0.15, 0.2) is 0 Å². The van der Waals surface area contributed by atoms with E-state index in [2.05, 4.69) is 10.0 Å². The van der Waals surface area contributed by atoms with E-state index in [0.717, 1.165) is 12.8 Å². The minimum absolute atomic E-state index is 0.181. The summed E-state index contributed by atoms with van der Waals surface area (Å²) in [6, 6.07) is -0.181. The van der Waals surface area contributed by atoms with Gasteiger partial charge < -0.3 is 5.11 Å². The second kappa shape index (κ2) is 2.90. The van der Waals surface area contributed by atoms with Crippen LogP contribution in [0.2, 0.25) is 0 Å². The largest absolute Gasteiger partial charge is 0.392 e. The van der Waals surface area contributed by atoms with Crippen molar-refractivity contribution in [3.05, 3.63) is 10.4 Å². The lowest BCUT2D eigenvalue weighted by Crippen LogP contribution is -2.21. The topological polar surface area (TPSA) is 69.0 Å². The molecule has 4 nitrogen and oxygen atoms in total. The molecule has 1 aliphatic rings. The Hall–Kier alpha value is -0.730. The van der Waals surface area contributed by atoms with Crippen LogP contribution in [-0.4, -0.2) is 17.3 Å². The van der Waals surface area contributed by atoms with Gasteiger partial charge in [0.05, 0.1) is 12.1 Å². The fourth-order valence-corrected chi connectivity index (χ4v) is 1.35. The molecule has 0 radical (unpaired) electrons. The van der Waals surface area contributed by atoms with Crippen LogP contribution in [0.15, 0.2) is 5.11 Å². The molecule has 1 saturated carbocycles. The summed E-state index contributed by atoms with van der Waals surface area (Å²) in [6.45, 7) is 1.97. The second-order valence-electron chi connectivity index (χ2n) is 2.82. The number of hydrogen-bond donors (Lipinski definition) is 1. The summed E-state index contributed by atoms with van der Waals surface area (Å²) in [5, 5.41) is 12.8. The number of aliphatic hydroxyl groups excluding tert-OH is 1. The zero-order valence-electron chi connectivity index (χ0n) is 5.94. The van der Waals surface area contributed by atoms with Crippen molar-refractivity contribution in [2.24, 2.45) is 11.0 Å². The molecule has 1 fully saturated rings. The maximum Gasteiger partial charge on any atom is 0.0650 e. The Morgan fingerprint density at radius 1 is 1.60 bits per heavy atom. The molecule has 56 valence electrons. The standard InChI is InChI=1S/C6H11N3O/c1-4-2-3-5(6(4)10)8-9-7/h4-6,10H,2-3H2,1H3/t4-,5+,6+/m1/s1. The average molecular weight is 141 g/mol. The van der Waals surface area contributed by atoms with Crippen LogP contribution in [-0.2, 0) is 0 Å². The SMILES string of the molecule is C[C@@H]1CC[C@H](N=[N+]=[N-])[C@H]1O. The second-order valence-corrected chi connectivity index (χ2v) is 2.82. The molecule has 0 unspecified atom stereocenters. The number of nitrogens with zero attached hydrogens (tertiary/aromatic N) is 3. The molecule has 10 heavy (non-hydrogen) atoms. The highest BCUT2D eigenvalue weighted by Crippen LogP contribution is 2.27. The van der Waals surface area contributed by atoms with Gasteiger partial charge in [-0.1, -0.05) is 12.0 Å². The first-order chi connectivity index (χ1) is 4.75. The van der Waals surface area contributed by atoms with E-state index in [4.69, 9.17) is 5.53 Å². The Morgan fingerprint density at radius 2 is 2.30 bits per heavy atom. The van der Waals surface area contributed by atoms with Crippen molar-refractivity contribution in [3.63, 3.8) is 0 Å². The summed E-state index contributed by atoms with van der Waals surface area (Å²) in [7, 11) is 0. The van der Waals surface area contributed by atoms with Gasteiger partial charge in [-0.05, 0) is 24.3 Å². The molecule has 0 heterocycles. The van der Waals surface area contributed by atoms with E-state index < -0.39 is 6.10 Å². The van der Waals surface area contributed by atoms with E-state index in [1.165, 1.54) is 0 Å². The average Bonchev–Trinajstić information content (AvgIpc) is 2.20. The molecule has 0 aromatic heterocycles.